The van der Waals surface area contributed by atoms with Gasteiger partial charge in [0.15, 0.2) is 0 Å². The Bertz CT molecular complexity index is 995. The molecule has 4 heterocycles. The first-order chi connectivity index (χ1) is 13.1. The smallest absolute Gasteiger partial charge is 0.341 e. The van der Waals surface area contributed by atoms with Crippen molar-refractivity contribution >= 4 is 22.7 Å². The maximum atomic E-state index is 12.8. The Labute approximate surface area is 157 Å². The van der Waals surface area contributed by atoms with Crippen molar-refractivity contribution in [2.24, 2.45) is 0 Å². The number of aromatic carboxylic acids is 1. The molecule has 7 nitrogen and oxygen atoms in total. The summed E-state index contributed by atoms with van der Waals surface area (Å²) in [5, 5.41) is 12.9. The van der Waals surface area contributed by atoms with E-state index in [1.54, 1.807) is 12.4 Å². The van der Waals surface area contributed by atoms with Crippen LogP contribution in [0.25, 0.3) is 11.0 Å². The van der Waals surface area contributed by atoms with E-state index in [0.29, 0.717) is 17.6 Å². The maximum absolute atomic E-state index is 12.8. The second-order valence-electron chi connectivity index (χ2n) is 8.05. The zero-order valence-corrected chi connectivity index (χ0v) is 15.4. The van der Waals surface area contributed by atoms with Gasteiger partial charge in [-0.15, -0.1) is 0 Å². The lowest BCUT2D eigenvalue weighted by molar-refractivity contribution is 0.0695. The summed E-state index contributed by atoms with van der Waals surface area (Å²) in [7, 11) is 2.01. The van der Waals surface area contributed by atoms with Crippen molar-refractivity contribution in [3.8, 4) is 0 Å². The van der Waals surface area contributed by atoms with Crippen LogP contribution in [0.1, 0.15) is 54.1 Å². The standard InChI is InChI=1S/C20H24N4O3/c1-21-11-7-13-3-2-4-14-16(23(13)9-11)8-22-17-18(14)24(12-5-6-12)10-15(19(17)25)20(26)27/h8,10-13,21H,2-7,9H2,1H3,(H,26,27). The lowest BCUT2D eigenvalue weighted by Gasteiger charge is -2.26. The number of anilines is 1. The number of carbonyl (C=O) groups is 1. The number of aryl methyl sites for hydroxylation is 1. The van der Waals surface area contributed by atoms with E-state index in [1.807, 2.05) is 11.6 Å². The van der Waals surface area contributed by atoms with Gasteiger partial charge in [0.25, 0.3) is 0 Å². The Morgan fingerprint density at radius 2 is 2.11 bits per heavy atom. The molecule has 27 heavy (non-hydrogen) atoms. The number of likely N-dealkylation sites (N-methyl/N-ethyl adjacent to an activating group) is 1. The number of carboxylic acids is 1. The average Bonchev–Trinajstić information content (AvgIpc) is 3.44. The average molecular weight is 368 g/mol. The van der Waals surface area contributed by atoms with Crippen molar-refractivity contribution in [3.05, 3.63) is 33.7 Å². The quantitative estimate of drug-likeness (QED) is 0.861. The van der Waals surface area contributed by atoms with Crippen molar-refractivity contribution in [2.75, 3.05) is 18.5 Å². The monoisotopic (exact) mass is 368 g/mol. The Morgan fingerprint density at radius 1 is 1.30 bits per heavy atom. The molecule has 3 aliphatic rings. The minimum atomic E-state index is -1.18. The number of hydrogen-bond acceptors (Lipinski definition) is 5. The Kier molecular flexibility index (Phi) is 3.75. The second kappa shape index (κ2) is 6.05. The molecule has 2 fully saturated rings. The number of nitrogens with zero attached hydrogens (tertiary/aromatic N) is 3. The second-order valence-corrected chi connectivity index (χ2v) is 8.05. The Hall–Kier alpha value is -2.41. The molecule has 0 bridgehead atoms. The summed E-state index contributed by atoms with van der Waals surface area (Å²) in [5.74, 6) is -1.18. The van der Waals surface area contributed by atoms with Crippen molar-refractivity contribution < 1.29 is 9.90 Å². The van der Waals surface area contributed by atoms with Crippen molar-refractivity contribution in [1.82, 2.24) is 14.9 Å². The van der Waals surface area contributed by atoms with Crippen LogP contribution >= 0.6 is 0 Å². The van der Waals surface area contributed by atoms with Crippen LogP contribution in [0.3, 0.4) is 0 Å². The van der Waals surface area contributed by atoms with Gasteiger partial charge in [-0.2, -0.15) is 0 Å². The SMILES string of the molecule is CNC1CC2CCCc3c(cnc4c(=O)c(C(=O)O)cn(C5CC5)c34)N2C1. The van der Waals surface area contributed by atoms with Crippen LogP contribution in [0.15, 0.2) is 17.2 Å². The van der Waals surface area contributed by atoms with E-state index in [9.17, 15) is 14.7 Å². The third-order valence-corrected chi connectivity index (χ3v) is 6.39. The first kappa shape index (κ1) is 16.7. The predicted molar refractivity (Wildman–Crippen MR) is 103 cm³/mol. The molecule has 0 spiro atoms. The molecule has 2 aromatic heterocycles. The van der Waals surface area contributed by atoms with E-state index >= 15 is 0 Å². The number of hydrogen-bond donors (Lipinski definition) is 2. The highest BCUT2D eigenvalue weighted by Gasteiger charge is 2.36. The molecular weight excluding hydrogens is 344 g/mol. The summed E-state index contributed by atoms with van der Waals surface area (Å²) >= 11 is 0. The van der Waals surface area contributed by atoms with Gasteiger partial charge in [-0.25, -0.2) is 9.78 Å². The minimum Gasteiger partial charge on any atom is -0.477 e. The van der Waals surface area contributed by atoms with Gasteiger partial charge in [-0.1, -0.05) is 0 Å². The molecule has 7 heteroatoms. The van der Waals surface area contributed by atoms with Crippen LogP contribution < -0.4 is 15.6 Å². The van der Waals surface area contributed by atoms with Gasteiger partial charge in [0.2, 0.25) is 5.43 Å². The summed E-state index contributed by atoms with van der Waals surface area (Å²) in [4.78, 5) is 31.3. The third kappa shape index (κ3) is 2.56. The highest BCUT2D eigenvalue weighted by molar-refractivity contribution is 5.93. The fraction of sp³-hybridized carbons (Fsp3) is 0.550. The van der Waals surface area contributed by atoms with E-state index in [4.69, 9.17) is 0 Å². The summed E-state index contributed by atoms with van der Waals surface area (Å²) in [6.45, 7) is 0.947. The van der Waals surface area contributed by atoms with Gasteiger partial charge in [0, 0.05) is 36.4 Å². The molecular formula is C20H24N4O3. The molecule has 2 atom stereocenters. The Morgan fingerprint density at radius 3 is 2.81 bits per heavy atom. The zero-order valence-electron chi connectivity index (χ0n) is 15.4. The number of nitrogens with one attached hydrogen (secondary N) is 1. The first-order valence-corrected chi connectivity index (χ1v) is 9.82. The highest BCUT2D eigenvalue weighted by Crippen LogP contribution is 2.41. The van der Waals surface area contributed by atoms with Crippen LogP contribution in [-0.4, -0.2) is 46.3 Å². The van der Waals surface area contributed by atoms with Gasteiger partial charge < -0.3 is 19.9 Å². The molecule has 0 radical (unpaired) electrons. The van der Waals surface area contributed by atoms with E-state index in [0.717, 1.165) is 56.3 Å². The fourth-order valence-corrected chi connectivity index (χ4v) is 4.86. The molecule has 142 valence electrons. The van der Waals surface area contributed by atoms with Crippen molar-refractivity contribution in [2.45, 2.75) is 56.7 Å². The number of fused-ring (bicyclic) bond motifs is 5. The van der Waals surface area contributed by atoms with Crippen molar-refractivity contribution in [1.29, 1.82) is 0 Å². The molecule has 0 aromatic carbocycles. The van der Waals surface area contributed by atoms with Crippen LogP contribution in [-0.2, 0) is 6.42 Å². The van der Waals surface area contributed by atoms with E-state index in [-0.39, 0.29) is 11.6 Å². The van der Waals surface area contributed by atoms with Gasteiger partial charge in [-0.3, -0.25) is 4.79 Å². The molecule has 1 saturated carbocycles. The van der Waals surface area contributed by atoms with E-state index in [1.165, 1.54) is 5.56 Å². The number of carboxylic acid groups (broad SMARTS) is 1. The molecule has 2 unspecified atom stereocenters. The lowest BCUT2D eigenvalue weighted by atomic mass is 10.0. The molecule has 2 aliphatic heterocycles. The zero-order chi connectivity index (χ0) is 18.7. The summed E-state index contributed by atoms with van der Waals surface area (Å²) in [6, 6.07) is 1.25. The fourth-order valence-electron chi connectivity index (χ4n) is 4.86. The van der Waals surface area contributed by atoms with Gasteiger partial charge in [0.05, 0.1) is 17.4 Å². The highest BCUT2D eigenvalue weighted by atomic mass is 16.4. The normalized spacial score (nSPS) is 24.6. The maximum Gasteiger partial charge on any atom is 0.341 e. The van der Waals surface area contributed by atoms with Crippen LogP contribution in [0.5, 0.6) is 0 Å². The van der Waals surface area contributed by atoms with Crippen LogP contribution in [0.2, 0.25) is 0 Å². The molecule has 5 rings (SSSR count). The Balaban J connectivity index is 1.76. The summed E-state index contributed by atoms with van der Waals surface area (Å²) in [6.07, 6.45) is 9.64. The molecule has 2 aromatic rings. The van der Waals surface area contributed by atoms with E-state index < -0.39 is 11.4 Å². The largest absolute Gasteiger partial charge is 0.477 e. The predicted octanol–water partition coefficient (Wildman–Crippen LogP) is 1.93. The summed E-state index contributed by atoms with van der Waals surface area (Å²) < 4.78 is 2.03. The first-order valence-electron chi connectivity index (χ1n) is 9.82. The van der Waals surface area contributed by atoms with Gasteiger partial charge in [-0.05, 0) is 45.6 Å². The topological polar surface area (TPSA) is 87.5 Å². The summed E-state index contributed by atoms with van der Waals surface area (Å²) in [5.41, 5.74) is 2.82. The van der Waals surface area contributed by atoms with Gasteiger partial charge in [0.1, 0.15) is 11.1 Å². The minimum absolute atomic E-state index is 0.176. The number of aromatic nitrogens is 2. The third-order valence-electron chi connectivity index (χ3n) is 6.39. The molecule has 1 aliphatic carbocycles. The number of rotatable bonds is 3. The van der Waals surface area contributed by atoms with Crippen LogP contribution in [0, 0.1) is 0 Å². The lowest BCUT2D eigenvalue weighted by Crippen LogP contribution is -2.32. The van der Waals surface area contributed by atoms with E-state index in [2.05, 4.69) is 15.2 Å². The molecule has 1 saturated heterocycles. The molecule has 2 N–H and O–H groups in total. The van der Waals surface area contributed by atoms with Crippen molar-refractivity contribution in [3.63, 3.8) is 0 Å². The van der Waals surface area contributed by atoms with Gasteiger partial charge >= 0.3 is 5.97 Å². The molecule has 0 amide bonds. The number of pyridine rings is 2. The van der Waals surface area contributed by atoms with Crippen LogP contribution in [0.4, 0.5) is 5.69 Å².